The summed E-state index contributed by atoms with van der Waals surface area (Å²) in [5, 5.41) is 22.7. The predicted molar refractivity (Wildman–Crippen MR) is 98.5 cm³/mol. The van der Waals surface area contributed by atoms with Gasteiger partial charge in [0.2, 0.25) is 0 Å². The minimum Gasteiger partial charge on any atom is -0.409 e. The van der Waals surface area contributed by atoms with Gasteiger partial charge in [-0.15, -0.1) is 24.8 Å². The van der Waals surface area contributed by atoms with Gasteiger partial charge in [-0.3, -0.25) is 0 Å². The number of amidine groups is 1. The van der Waals surface area contributed by atoms with Crippen LogP contribution in [-0.4, -0.2) is 46.8 Å². The van der Waals surface area contributed by atoms with Crippen molar-refractivity contribution in [3.63, 3.8) is 0 Å². The fourth-order valence-corrected chi connectivity index (χ4v) is 2.99. The minimum absolute atomic E-state index is 0. The van der Waals surface area contributed by atoms with Gasteiger partial charge in [0.15, 0.2) is 5.84 Å². The maximum atomic E-state index is 10.3. The summed E-state index contributed by atoms with van der Waals surface area (Å²) >= 11 is 6.00. The lowest BCUT2D eigenvalue weighted by Crippen LogP contribution is -2.37. The highest BCUT2D eigenvalue weighted by Crippen LogP contribution is 2.19. The quantitative estimate of drug-likeness (QED) is 0.315. The lowest BCUT2D eigenvalue weighted by atomic mass is 10.00. The molecule has 0 amide bonds. The standard InChI is InChI=1S/C15H22ClN3O2.2ClH/c16-12-4-5-14(15(17)18-21)11(8-12)9-13(20)10-19-6-2-1-3-7-19;;/h4-5,8,13,20-21H,1-3,6-7,9-10H2,(H2,17,18);2*1H. The van der Waals surface area contributed by atoms with Crippen LogP contribution in [0.5, 0.6) is 0 Å². The predicted octanol–water partition coefficient (Wildman–Crippen LogP) is 2.67. The van der Waals surface area contributed by atoms with E-state index >= 15 is 0 Å². The van der Waals surface area contributed by atoms with Crippen LogP contribution in [0.2, 0.25) is 5.02 Å². The average Bonchev–Trinajstić information content (AvgIpc) is 2.47. The van der Waals surface area contributed by atoms with Crippen LogP contribution in [-0.2, 0) is 6.42 Å². The van der Waals surface area contributed by atoms with E-state index in [-0.39, 0.29) is 30.6 Å². The third kappa shape index (κ3) is 6.73. The molecule has 1 fully saturated rings. The molecule has 1 unspecified atom stereocenters. The third-order valence-electron chi connectivity index (χ3n) is 3.82. The van der Waals surface area contributed by atoms with Crippen molar-refractivity contribution < 1.29 is 10.3 Å². The first-order valence-electron chi connectivity index (χ1n) is 7.27. The number of piperidine rings is 1. The molecule has 1 aromatic carbocycles. The van der Waals surface area contributed by atoms with Gasteiger partial charge >= 0.3 is 0 Å². The minimum atomic E-state index is -0.494. The number of oxime groups is 1. The van der Waals surface area contributed by atoms with Crippen molar-refractivity contribution in [2.24, 2.45) is 10.9 Å². The lowest BCUT2D eigenvalue weighted by Gasteiger charge is -2.28. The Morgan fingerprint density at radius 2 is 1.91 bits per heavy atom. The van der Waals surface area contributed by atoms with Gasteiger partial charge in [-0.1, -0.05) is 23.2 Å². The van der Waals surface area contributed by atoms with Crippen LogP contribution in [0.3, 0.4) is 0 Å². The third-order valence-corrected chi connectivity index (χ3v) is 4.06. The van der Waals surface area contributed by atoms with E-state index in [1.165, 1.54) is 19.3 Å². The van der Waals surface area contributed by atoms with Crippen molar-refractivity contribution in [3.05, 3.63) is 34.3 Å². The number of halogens is 3. The molecule has 1 atom stereocenters. The fraction of sp³-hybridized carbons (Fsp3) is 0.533. The monoisotopic (exact) mass is 383 g/mol. The maximum Gasteiger partial charge on any atom is 0.170 e. The summed E-state index contributed by atoms with van der Waals surface area (Å²) in [6.07, 6.45) is 3.60. The first kappa shape index (κ1) is 22.3. The molecule has 1 aliphatic heterocycles. The molecule has 0 aromatic heterocycles. The summed E-state index contributed by atoms with van der Waals surface area (Å²) in [5.41, 5.74) is 7.07. The molecular weight excluding hydrogens is 361 g/mol. The summed E-state index contributed by atoms with van der Waals surface area (Å²) in [6, 6.07) is 5.16. The van der Waals surface area contributed by atoms with Crippen LogP contribution in [0.1, 0.15) is 30.4 Å². The van der Waals surface area contributed by atoms with Gasteiger partial charge in [-0.25, -0.2) is 0 Å². The van der Waals surface area contributed by atoms with Gasteiger partial charge < -0.3 is 20.9 Å². The first-order chi connectivity index (χ1) is 10.1. The molecule has 1 saturated heterocycles. The fourth-order valence-electron chi connectivity index (χ4n) is 2.79. The van der Waals surface area contributed by atoms with Crippen molar-refractivity contribution in [2.75, 3.05) is 19.6 Å². The molecule has 2 rings (SSSR count). The summed E-state index contributed by atoms with van der Waals surface area (Å²) in [7, 11) is 0. The van der Waals surface area contributed by atoms with Gasteiger partial charge in [0, 0.05) is 23.6 Å². The van der Waals surface area contributed by atoms with Gasteiger partial charge in [-0.05, 0) is 49.7 Å². The number of rotatable bonds is 5. The van der Waals surface area contributed by atoms with Crippen LogP contribution in [0.25, 0.3) is 0 Å². The van der Waals surface area contributed by atoms with Crippen LogP contribution < -0.4 is 5.73 Å². The van der Waals surface area contributed by atoms with Crippen LogP contribution in [0, 0.1) is 0 Å². The number of likely N-dealkylation sites (tertiary alicyclic amines) is 1. The van der Waals surface area contributed by atoms with Crippen LogP contribution in [0.15, 0.2) is 23.4 Å². The molecule has 0 spiro atoms. The van der Waals surface area contributed by atoms with Crippen molar-refractivity contribution in [1.29, 1.82) is 0 Å². The molecule has 1 heterocycles. The Labute approximate surface area is 154 Å². The van der Waals surface area contributed by atoms with Crippen molar-refractivity contribution in [1.82, 2.24) is 4.90 Å². The Bertz CT molecular complexity index is 509. The maximum absolute atomic E-state index is 10.3. The summed E-state index contributed by atoms with van der Waals surface area (Å²) < 4.78 is 0. The Morgan fingerprint density at radius 1 is 1.26 bits per heavy atom. The Kier molecular flexibility index (Phi) is 10.6. The zero-order valence-electron chi connectivity index (χ0n) is 12.8. The van der Waals surface area contributed by atoms with Crippen molar-refractivity contribution in [3.8, 4) is 0 Å². The molecule has 0 aliphatic carbocycles. The Balaban J connectivity index is 0.00000242. The molecule has 5 nitrogen and oxygen atoms in total. The summed E-state index contributed by atoms with van der Waals surface area (Å²) in [6.45, 7) is 2.72. The second-order valence-electron chi connectivity index (χ2n) is 5.51. The van der Waals surface area contributed by atoms with E-state index < -0.39 is 6.10 Å². The van der Waals surface area contributed by atoms with E-state index in [0.29, 0.717) is 23.6 Å². The molecule has 0 bridgehead atoms. The van der Waals surface area contributed by atoms with Crippen molar-refractivity contribution in [2.45, 2.75) is 31.8 Å². The van der Waals surface area contributed by atoms with Crippen molar-refractivity contribution >= 4 is 42.3 Å². The molecule has 1 aromatic rings. The molecule has 1 aliphatic rings. The van der Waals surface area contributed by atoms with E-state index in [1.807, 2.05) is 0 Å². The topological polar surface area (TPSA) is 82.1 Å². The number of hydrogen-bond donors (Lipinski definition) is 3. The summed E-state index contributed by atoms with van der Waals surface area (Å²) in [5.74, 6) is 0.0341. The van der Waals surface area contributed by atoms with E-state index in [2.05, 4.69) is 10.1 Å². The van der Waals surface area contributed by atoms with Crippen LogP contribution >= 0.6 is 36.4 Å². The number of β-amino-alcohol motifs (C(OH)–C–C–N with tert-alkyl or cyclic N) is 1. The number of nitrogens with two attached hydrogens (primary N) is 1. The lowest BCUT2D eigenvalue weighted by molar-refractivity contribution is 0.101. The molecule has 0 radical (unpaired) electrons. The normalized spacial score (nSPS) is 17.0. The Morgan fingerprint density at radius 3 is 2.52 bits per heavy atom. The Hall–Kier alpha value is -0.720. The van der Waals surface area contributed by atoms with Crippen LogP contribution in [0.4, 0.5) is 0 Å². The largest absolute Gasteiger partial charge is 0.409 e. The highest BCUT2D eigenvalue weighted by molar-refractivity contribution is 6.30. The smallest absolute Gasteiger partial charge is 0.170 e. The highest BCUT2D eigenvalue weighted by atomic mass is 35.5. The van der Waals surface area contributed by atoms with E-state index in [1.54, 1.807) is 18.2 Å². The average molecular weight is 385 g/mol. The highest BCUT2D eigenvalue weighted by Gasteiger charge is 2.17. The second kappa shape index (κ2) is 10.9. The van der Waals surface area contributed by atoms with E-state index in [0.717, 1.165) is 18.7 Å². The zero-order valence-corrected chi connectivity index (χ0v) is 15.2. The molecule has 4 N–H and O–H groups in total. The number of hydrogen-bond acceptors (Lipinski definition) is 4. The number of aliphatic hydroxyl groups is 1. The van der Waals surface area contributed by atoms with Gasteiger partial charge in [0.05, 0.1) is 6.10 Å². The molecule has 0 saturated carbocycles. The zero-order chi connectivity index (χ0) is 15.2. The van der Waals surface area contributed by atoms with E-state index in [9.17, 15) is 5.11 Å². The second-order valence-corrected chi connectivity index (χ2v) is 5.94. The molecule has 23 heavy (non-hydrogen) atoms. The number of benzene rings is 1. The molecule has 8 heteroatoms. The summed E-state index contributed by atoms with van der Waals surface area (Å²) in [4.78, 5) is 2.28. The molecule has 132 valence electrons. The van der Waals surface area contributed by atoms with E-state index in [4.69, 9.17) is 22.5 Å². The molecular formula is C15H24Cl3N3O2. The number of aliphatic hydroxyl groups excluding tert-OH is 1. The SMILES string of the molecule is Cl.Cl.NC(=NO)c1ccc(Cl)cc1CC(O)CN1CCCCC1. The van der Waals surface area contributed by atoms with Gasteiger partial charge in [-0.2, -0.15) is 0 Å². The number of nitrogens with zero attached hydrogens (tertiary/aromatic N) is 2. The van der Waals surface area contributed by atoms with Gasteiger partial charge in [0.25, 0.3) is 0 Å². The van der Waals surface area contributed by atoms with Gasteiger partial charge in [0.1, 0.15) is 0 Å². The first-order valence-corrected chi connectivity index (χ1v) is 7.64.